The van der Waals surface area contributed by atoms with E-state index in [0.717, 1.165) is 12.1 Å². The molecular formula is C12H10F3N3O. The summed E-state index contributed by atoms with van der Waals surface area (Å²) in [6.45, 7) is 0.208. The van der Waals surface area contributed by atoms with Crippen LogP contribution in [0.15, 0.2) is 41.0 Å². The maximum Gasteiger partial charge on any atom is 0.416 e. The SMILES string of the molecule is NC(=O)C1=CC(c2ccc(C(F)(F)F)cc2)=NNC1. The third kappa shape index (κ3) is 2.93. The van der Waals surface area contributed by atoms with Crippen molar-refractivity contribution in [1.29, 1.82) is 0 Å². The standard InChI is InChI=1S/C12H10F3N3O/c13-12(14,15)9-3-1-7(2-4-9)10-5-8(11(16)19)6-17-18-10/h1-5,17H,6H2,(H2,16,19). The first kappa shape index (κ1) is 13.1. The molecule has 0 radical (unpaired) electrons. The van der Waals surface area contributed by atoms with E-state index >= 15 is 0 Å². The molecule has 100 valence electrons. The van der Waals surface area contributed by atoms with Crippen LogP contribution in [-0.4, -0.2) is 18.2 Å². The van der Waals surface area contributed by atoms with E-state index in [-0.39, 0.29) is 6.54 Å². The summed E-state index contributed by atoms with van der Waals surface area (Å²) in [7, 11) is 0. The number of carbonyl (C=O) groups is 1. The average Bonchev–Trinajstić information content (AvgIpc) is 2.38. The fraction of sp³-hybridized carbons (Fsp3) is 0.167. The number of alkyl halides is 3. The summed E-state index contributed by atoms with van der Waals surface area (Å²) in [6.07, 6.45) is -2.92. The van der Waals surface area contributed by atoms with Crippen molar-refractivity contribution in [2.45, 2.75) is 6.18 Å². The van der Waals surface area contributed by atoms with Crippen molar-refractivity contribution in [1.82, 2.24) is 5.43 Å². The molecule has 0 saturated carbocycles. The topological polar surface area (TPSA) is 67.5 Å². The third-order valence-corrected chi connectivity index (χ3v) is 2.60. The van der Waals surface area contributed by atoms with Crippen LogP contribution in [0.1, 0.15) is 11.1 Å². The highest BCUT2D eigenvalue weighted by Gasteiger charge is 2.30. The Hall–Kier alpha value is -2.31. The molecule has 1 amide bonds. The van der Waals surface area contributed by atoms with Crippen LogP contribution in [0.5, 0.6) is 0 Å². The Balaban J connectivity index is 2.29. The second kappa shape index (κ2) is 4.75. The summed E-state index contributed by atoms with van der Waals surface area (Å²) in [5, 5.41) is 3.93. The molecule has 7 heteroatoms. The summed E-state index contributed by atoms with van der Waals surface area (Å²) >= 11 is 0. The van der Waals surface area contributed by atoms with Gasteiger partial charge in [-0.25, -0.2) is 0 Å². The van der Waals surface area contributed by atoms with E-state index in [1.165, 1.54) is 18.2 Å². The van der Waals surface area contributed by atoms with E-state index in [4.69, 9.17) is 5.73 Å². The van der Waals surface area contributed by atoms with Gasteiger partial charge in [0.15, 0.2) is 0 Å². The Bertz CT molecular complexity index is 559. The minimum atomic E-state index is -4.38. The highest BCUT2D eigenvalue weighted by Crippen LogP contribution is 2.29. The van der Waals surface area contributed by atoms with E-state index in [2.05, 4.69) is 10.5 Å². The monoisotopic (exact) mass is 269 g/mol. The zero-order chi connectivity index (χ0) is 14.0. The number of nitrogens with one attached hydrogen (secondary N) is 1. The lowest BCUT2D eigenvalue weighted by Crippen LogP contribution is -2.27. The normalized spacial score (nSPS) is 15.3. The maximum atomic E-state index is 12.4. The largest absolute Gasteiger partial charge is 0.416 e. The highest BCUT2D eigenvalue weighted by atomic mass is 19.4. The molecule has 19 heavy (non-hydrogen) atoms. The predicted molar refractivity (Wildman–Crippen MR) is 63.3 cm³/mol. The number of rotatable bonds is 2. The van der Waals surface area contributed by atoms with E-state index < -0.39 is 17.6 Å². The Kier molecular flexibility index (Phi) is 3.28. The minimum Gasteiger partial charge on any atom is -0.366 e. The van der Waals surface area contributed by atoms with E-state index in [0.29, 0.717) is 16.8 Å². The zero-order valence-electron chi connectivity index (χ0n) is 9.66. The summed E-state index contributed by atoms with van der Waals surface area (Å²) in [4.78, 5) is 11.0. The number of benzene rings is 1. The van der Waals surface area contributed by atoms with E-state index in [9.17, 15) is 18.0 Å². The molecule has 0 saturated heterocycles. The molecule has 1 aromatic carbocycles. The molecule has 3 N–H and O–H groups in total. The van der Waals surface area contributed by atoms with Gasteiger partial charge in [-0.1, -0.05) is 12.1 Å². The molecule has 0 fully saturated rings. The number of hydrogen-bond acceptors (Lipinski definition) is 3. The second-order valence-corrected chi connectivity index (χ2v) is 3.94. The van der Waals surface area contributed by atoms with Crippen LogP contribution in [0.25, 0.3) is 0 Å². The Morgan fingerprint density at radius 2 is 1.89 bits per heavy atom. The number of halogens is 3. The lowest BCUT2D eigenvalue weighted by molar-refractivity contribution is -0.137. The smallest absolute Gasteiger partial charge is 0.366 e. The third-order valence-electron chi connectivity index (χ3n) is 2.60. The summed E-state index contributed by atoms with van der Waals surface area (Å²) in [6, 6.07) is 4.52. The molecule has 0 aliphatic carbocycles. The van der Waals surface area contributed by atoms with Crippen LogP contribution in [0.3, 0.4) is 0 Å². The Morgan fingerprint density at radius 3 is 2.42 bits per heavy atom. The summed E-state index contributed by atoms with van der Waals surface area (Å²) < 4.78 is 37.2. The van der Waals surface area contributed by atoms with Crippen LogP contribution >= 0.6 is 0 Å². The van der Waals surface area contributed by atoms with E-state index in [1.807, 2.05) is 0 Å². The van der Waals surface area contributed by atoms with Crippen LogP contribution in [0, 0.1) is 0 Å². The van der Waals surface area contributed by atoms with Gasteiger partial charge in [-0.15, -0.1) is 0 Å². The molecule has 1 aliphatic heterocycles. The molecule has 0 atom stereocenters. The fourth-order valence-electron chi connectivity index (χ4n) is 1.59. The van der Waals surface area contributed by atoms with Gasteiger partial charge in [-0.05, 0) is 18.2 Å². The van der Waals surface area contributed by atoms with Crippen molar-refractivity contribution in [2.24, 2.45) is 10.8 Å². The maximum absolute atomic E-state index is 12.4. The first-order valence-electron chi connectivity index (χ1n) is 5.36. The number of carbonyl (C=O) groups excluding carboxylic acids is 1. The van der Waals surface area contributed by atoms with Crippen molar-refractivity contribution < 1.29 is 18.0 Å². The number of allylic oxidation sites excluding steroid dienone is 1. The van der Waals surface area contributed by atoms with Crippen molar-refractivity contribution in [3.8, 4) is 0 Å². The zero-order valence-corrected chi connectivity index (χ0v) is 9.66. The number of hydrogen-bond donors (Lipinski definition) is 2. The van der Waals surface area contributed by atoms with Gasteiger partial charge in [0.25, 0.3) is 0 Å². The predicted octanol–water partition coefficient (Wildman–Crippen LogP) is 1.42. The number of nitrogens with two attached hydrogens (primary N) is 1. The van der Waals surface area contributed by atoms with Crippen LogP contribution in [-0.2, 0) is 11.0 Å². The molecule has 1 aliphatic rings. The van der Waals surface area contributed by atoms with Gasteiger partial charge >= 0.3 is 6.18 Å². The summed E-state index contributed by atoms with van der Waals surface area (Å²) in [5.74, 6) is -0.591. The lowest BCUT2D eigenvalue weighted by atomic mass is 10.0. The molecule has 0 bridgehead atoms. The van der Waals surface area contributed by atoms with E-state index in [1.54, 1.807) is 0 Å². The summed E-state index contributed by atoms with van der Waals surface area (Å²) in [5.41, 5.74) is 8.17. The molecule has 0 spiro atoms. The van der Waals surface area contributed by atoms with Gasteiger partial charge < -0.3 is 11.2 Å². The first-order chi connectivity index (χ1) is 8.88. The van der Waals surface area contributed by atoms with Gasteiger partial charge in [-0.3, -0.25) is 4.79 Å². The molecule has 1 aromatic rings. The number of nitrogens with zero attached hydrogens (tertiary/aromatic N) is 1. The quantitative estimate of drug-likeness (QED) is 0.852. The number of amides is 1. The fourth-order valence-corrected chi connectivity index (χ4v) is 1.59. The molecule has 0 unspecified atom stereocenters. The van der Waals surface area contributed by atoms with Gasteiger partial charge in [0.1, 0.15) is 0 Å². The molecule has 4 nitrogen and oxygen atoms in total. The Morgan fingerprint density at radius 1 is 1.26 bits per heavy atom. The average molecular weight is 269 g/mol. The van der Waals surface area contributed by atoms with Gasteiger partial charge in [0.05, 0.1) is 17.8 Å². The number of primary amides is 1. The van der Waals surface area contributed by atoms with Crippen LogP contribution in [0.2, 0.25) is 0 Å². The molecular weight excluding hydrogens is 259 g/mol. The van der Waals surface area contributed by atoms with Gasteiger partial charge in [0, 0.05) is 11.1 Å². The van der Waals surface area contributed by atoms with Crippen molar-refractivity contribution in [3.05, 3.63) is 47.0 Å². The highest BCUT2D eigenvalue weighted by molar-refractivity contribution is 6.13. The van der Waals surface area contributed by atoms with Crippen LogP contribution < -0.4 is 11.2 Å². The first-order valence-corrected chi connectivity index (χ1v) is 5.36. The second-order valence-electron chi connectivity index (χ2n) is 3.94. The van der Waals surface area contributed by atoms with Crippen LogP contribution in [0.4, 0.5) is 13.2 Å². The molecule has 0 aromatic heterocycles. The molecule has 2 rings (SSSR count). The molecule has 1 heterocycles. The van der Waals surface area contributed by atoms with Crippen molar-refractivity contribution >= 4 is 11.6 Å². The van der Waals surface area contributed by atoms with Gasteiger partial charge in [0.2, 0.25) is 5.91 Å². The van der Waals surface area contributed by atoms with Gasteiger partial charge in [-0.2, -0.15) is 18.3 Å². The van der Waals surface area contributed by atoms with Crippen molar-refractivity contribution in [2.75, 3.05) is 6.54 Å². The Labute approximate surface area is 106 Å². The van der Waals surface area contributed by atoms with Crippen molar-refractivity contribution in [3.63, 3.8) is 0 Å². The minimum absolute atomic E-state index is 0.208. The lowest BCUT2D eigenvalue weighted by Gasteiger charge is -2.13. The number of hydrazone groups is 1.